The fourth-order valence-corrected chi connectivity index (χ4v) is 20.2. The maximum atomic E-state index is 9.18. The van der Waals surface area contributed by atoms with Gasteiger partial charge in [0.25, 0.3) is 11.7 Å². The highest BCUT2D eigenvalue weighted by Crippen LogP contribution is 2.52. The van der Waals surface area contributed by atoms with Crippen molar-refractivity contribution in [3.63, 3.8) is 0 Å². The fourth-order valence-electron chi connectivity index (χ4n) is 19.8. The zero-order chi connectivity index (χ0) is 93.6. The Morgan fingerprint density at radius 3 is 0.985 bits per heavy atom. The van der Waals surface area contributed by atoms with Gasteiger partial charge >= 0.3 is 10.2 Å². The molecule has 0 radical (unpaired) electrons. The maximum absolute atomic E-state index is 9.18. The minimum absolute atomic E-state index is 0.348. The van der Waals surface area contributed by atoms with Crippen molar-refractivity contribution in [1.82, 2.24) is 9.13 Å². The van der Waals surface area contributed by atoms with E-state index in [0.717, 1.165) is 116 Å². The van der Waals surface area contributed by atoms with Crippen LogP contribution in [-0.2, 0) is 30.9 Å². The van der Waals surface area contributed by atoms with Crippen LogP contribution in [0, 0.1) is 17.9 Å². The summed E-state index contributed by atoms with van der Waals surface area (Å²) < 4.78 is 32.6. The van der Waals surface area contributed by atoms with Gasteiger partial charge in [-0.25, -0.2) is 19.0 Å². The molecule has 1 atom stereocenters. The molecule has 0 N–H and O–H groups in total. The average molecular weight is 1890 g/mol. The van der Waals surface area contributed by atoms with E-state index in [4.69, 9.17) is 86.5 Å². The van der Waals surface area contributed by atoms with E-state index in [0.29, 0.717) is 34.1 Å². The van der Waals surface area contributed by atoms with Crippen LogP contribution in [-0.4, -0.2) is 30.3 Å². The molecule has 12 nitrogen and oxygen atoms in total. The molecule has 0 fully saturated rings. The zero-order valence-corrected chi connectivity index (χ0v) is 84.6. The molecular formula is C117H152BCl4N8O4+. The van der Waals surface area contributed by atoms with Gasteiger partial charge in [-0.15, -0.1) is 0 Å². The number of alkyl halides is 1. The molecule has 2 aromatic heterocycles. The van der Waals surface area contributed by atoms with E-state index in [1.54, 1.807) is 18.2 Å². The largest absolute Gasteiger partial charge is 0.457 e. The van der Waals surface area contributed by atoms with Gasteiger partial charge in [0.2, 0.25) is 17.0 Å². The summed E-state index contributed by atoms with van der Waals surface area (Å²) in [7, 11) is 0. The molecule has 0 saturated heterocycles. The van der Waals surface area contributed by atoms with Gasteiger partial charge in [0.05, 0.1) is 29.3 Å². The van der Waals surface area contributed by atoms with Crippen LogP contribution in [0.1, 0.15) is 401 Å². The number of hydrogen-bond donors (Lipinski definition) is 0. The van der Waals surface area contributed by atoms with E-state index in [2.05, 4.69) is 192 Å². The van der Waals surface area contributed by atoms with Crippen LogP contribution in [0.3, 0.4) is 0 Å². The lowest BCUT2D eigenvalue weighted by molar-refractivity contribution is -0.520. The number of nitrogens with zero attached hydrogens (tertiary/aromatic N) is 8. The number of unbranched alkanes of at least 4 members (excludes halogenated alkanes) is 48. The third-order valence-corrected chi connectivity index (χ3v) is 27.7. The average Bonchev–Trinajstić information content (AvgIpc) is 1.48. The second-order valence-corrected chi connectivity index (χ2v) is 40.6. The SMILES string of the molecule is CCCCCCCCCCCCCCCc1cccc(Oc2ccc3c(c2)C2=Nc4c5ccc(Oc6cccc(CCCCCCCCCCCCCCC)c6)cc5c5n4C4(Cl)n6c(c7cc(Oc8cccc(CCCCCCCCCCCCCCC)c8)ccc7c6=N5)=NC3=[N+]24)c1.ClB(Cl)Cl.[C-]#[N+]c1ccc(Oc2cccc(CCCCCCCCCCCCCCC)c2)cc1C#N. The molecule has 1 unspecified atom stereocenters. The Hall–Kier alpha value is -8.82. The zero-order valence-electron chi connectivity index (χ0n) is 81.6. The molecule has 714 valence electrons. The van der Waals surface area contributed by atoms with E-state index in [1.807, 2.05) is 12.1 Å². The Morgan fingerprint density at radius 1 is 0.328 bits per heavy atom. The second-order valence-electron chi connectivity index (χ2n) is 38.1. The maximum Gasteiger partial charge on any atom is 0.450 e. The van der Waals surface area contributed by atoms with Crippen molar-refractivity contribution in [2.45, 2.75) is 393 Å². The highest BCUT2D eigenvalue weighted by molar-refractivity contribution is 7.54. The van der Waals surface area contributed by atoms with Gasteiger partial charge in [0.15, 0.2) is 11.3 Å². The molecular weight excluding hydrogens is 1730 g/mol. The van der Waals surface area contributed by atoms with Gasteiger partial charge in [0, 0.05) is 21.5 Å². The van der Waals surface area contributed by atoms with Crippen molar-refractivity contribution in [3.05, 3.63) is 231 Å². The molecule has 0 bridgehead atoms. The van der Waals surface area contributed by atoms with Crippen molar-refractivity contribution >= 4 is 101 Å². The van der Waals surface area contributed by atoms with Gasteiger partial charge in [-0.05, 0) is 200 Å². The number of benzene rings is 8. The highest BCUT2D eigenvalue weighted by atomic mass is 35.6. The Balaban J connectivity index is 0.000000376. The number of fused-ring (bicyclic) bond motifs is 9. The van der Waals surface area contributed by atoms with E-state index in [9.17, 15) is 5.26 Å². The fraction of sp³-hybridized carbons (Fsp3) is 0.521. The van der Waals surface area contributed by atoms with Gasteiger partial charge < -0.3 is 18.9 Å². The predicted octanol–water partition coefficient (Wildman–Crippen LogP) is 37.2. The molecule has 17 heteroatoms. The molecule has 6 heterocycles. The molecule has 134 heavy (non-hydrogen) atoms. The summed E-state index contributed by atoms with van der Waals surface area (Å²) in [5.74, 6) is 8.93. The van der Waals surface area contributed by atoms with E-state index >= 15 is 0 Å². The highest BCUT2D eigenvalue weighted by Gasteiger charge is 2.59. The van der Waals surface area contributed by atoms with Crippen LogP contribution >= 0.6 is 46.0 Å². The summed E-state index contributed by atoms with van der Waals surface area (Å²) in [6, 6.07) is 60.1. The summed E-state index contributed by atoms with van der Waals surface area (Å²) >= 11 is 23.0. The molecule has 10 aromatic rings. The quantitative estimate of drug-likeness (QED) is 0.00940. The lowest BCUT2D eigenvalue weighted by Gasteiger charge is -2.36. The number of aliphatic imine (C=N–C) groups is 1. The first-order valence-corrected chi connectivity index (χ1v) is 54.4. The molecule has 0 saturated carbocycles. The topological polar surface area (TPSA) is 115 Å². The standard InChI is InChI=1S/C88H114ClN6O3.C29H38N2O.BCl3/c1-4-7-10-13-16-19-22-25-28-31-34-37-40-46-67-49-43-52-70(61-67)96-73-55-58-76-79(64-73)85-90-83-77-59-56-74(97-71-53-44-50-68(62-71)47-41-38-35-32-29-26-23-20-17-14-11-8-5-2)65-80(77)87-92-84-78-60-57-75(66-81(78)86-91-82(76)93(85)88(89,94(83)87)95(84)86)98-72-54-45-51-69(63-72)48-42-39-36-33-30-27-24-21-18-15-12-9-6-3;1-3-4-5-6-7-8-9-10-11-12-13-14-15-17-25-18-16-19-27(22-25)32-28-20-21-29(31-2)26(23-28)24-30;2-1(3)4/h43-45,49-66H,4-42,46-48H2,1-3H3;16,18-23H,3-15,17H2,1H3;/q+1;;. The van der Waals surface area contributed by atoms with Crippen molar-refractivity contribution in [1.29, 1.82) is 5.26 Å². The molecule has 0 spiro atoms. The first kappa shape index (κ1) is 104. The molecule has 8 aromatic carbocycles. The monoisotopic (exact) mass is 1880 g/mol. The number of rotatable bonds is 64. The van der Waals surface area contributed by atoms with E-state index < -0.39 is 10.2 Å². The minimum atomic E-state index is -1.38. The predicted molar refractivity (Wildman–Crippen MR) is 566 cm³/mol. The van der Waals surface area contributed by atoms with E-state index in [1.165, 1.54) is 356 Å². The number of nitriles is 1. The Morgan fingerprint density at radius 2 is 0.627 bits per heavy atom. The summed E-state index contributed by atoms with van der Waals surface area (Å²) in [4.78, 5) is 19.4. The van der Waals surface area contributed by atoms with Gasteiger partial charge in [-0.2, -0.15) is 44.2 Å². The lowest BCUT2D eigenvalue weighted by Crippen LogP contribution is -2.60. The van der Waals surface area contributed by atoms with E-state index in [-0.39, 0.29) is 0 Å². The Labute approximate surface area is 824 Å². The van der Waals surface area contributed by atoms with Crippen LogP contribution < -0.4 is 29.9 Å². The van der Waals surface area contributed by atoms with Crippen molar-refractivity contribution in [3.8, 4) is 52.1 Å². The number of aromatic nitrogens is 2. The Bertz CT molecular complexity index is 5560. The summed E-state index contributed by atoms with van der Waals surface area (Å²) in [5, 5.41) is 11.5. The third-order valence-electron chi connectivity index (χ3n) is 27.2. The van der Waals surface area contributed by atoms with Crippen LogP contribution in [0.2, 0.25) is 0 Å². The van der Waals surface area contributed by atoms with Gasteiger partial charge in [-0.1, -0.05) is 400 Å². The number of ether oxygens (including phenoxy) is 4. The third kappa shape index (κ3) is 31.6. The van der Waals surface area contributed by atoms with Crippen molar-refractivity contribution in [2.75, 3.05) is 0 Å². The summed E-state index contributed by atoms with van der Waals surface area (Å²) in [6.07, 6.45) is 74.8. The van der Waals surface area contributed by atoms with Gasteiger partial charge in [-0.3, -0.25) is 0 Å². The van der Waals surface area contributed by atoms with Crippen molar-refractivity contribution < 1.29 is 23.5 Å². The first-order valence-electron chi connectivity index (χ1n) is 52.7. The molecule has 0 amide bonds. The molecule has 4 aliphatic rings. The minimum Gasteiger partial charge on any atom is -0.457 e. The Kier molecular flexibility index (Phi) is 45.1. The second kappa shape index (κ2) is 58.0. The molecule has 4 aliphatic heterocycles. The van der Waals surface area contributed by atoms with Crippen LogP contribution in [0.5, 0.6) is 46.0 Å². The number of hydrogen-bond acceptors (Lipinski definition) is 8. The molecule has 14 rings (SSSR count). The molecule has 0 aliphatic carbocycles. The summed E-state index contributed by atoms with van der Waals surface area (Å²) in [5.41, 5.74) is 9.19. The number of amidine groups is 2. The summed E-state index contributed by atoms with van der Waals surface area (Å²) in [6.45, 7) is 16.3. The normalized spacial score (nSPS) is 13.4. The van der Waals surface area contributed by atoms with Crippen molar-refractivity contribution in [2.24, 2.45) is 15.0 Å². The number of halogens is 4. The van der Waals surface area contributed by atoms with Crippen LogP contribution in [0.15, 0.2) is 185 Å². The lowest BCUT2D eigenvalue weighted by atomic mass is 10.0. The first-order chi connectivity index (χ1) is 65.9. The smallest absolute Gasteiger partial charge is 0.450 e. The van der Waals surface area contributed by atoms with Crippen LogP contribution in [0.4, 0.5) is 17.3 Å². The van der Waals surface area contributed by atoms with Crippen LogP contribution in [0.25, 0.3) is 26.4 Å². The number of aryl methyl sites for hydroxylation is 4. The van der Waals surface area contributed by atoms with Gasteiger partial charge in [0.1, 0.15) is 46.0 Å².